The molecule has 0 heterocycles. The van der Waals surface area contributed by atoms with Gasteiger partial charge in [0.05, 0.1) is 11.6 Å². The van der Waals surface area contributed by atoms with Gasteiger partial charge in [0.25, 0.3) is 0 Å². The maximum absolute atomic E-state index is 9.47. The number of benzene rings is 2. The quantitative estimate of drug-likeness (QED) is 0.895. The van der Waals surface area contributed by atoms with Crippen LogP contribution in [0.4, 0.5) is 0 Å². The van der Waals surface area contributed by atoms with E-state index in [4.69, 9.17) is 17.3 Å². The Hall–Kier alpha value is -2.24. The first-order valence-corrected chi connectivity index (χ1v) is 7.28. The van der Waals surface area contributed by atoms with Gasteiger partial charge < -0.3 is 5.73 Å². The molecule has 2 aromatic rings. The Balaban J connectivity index is 1.98. The Bertz CT molecular complexity index is 711. The predicted octanol–water partition coefficient (Wildman–Crippen LogP) is 4.35. The molecule has 2 N–H and O–H groups in total. The average molecular weight is 295 g/mol. The summed E-state index contributed by atoms with van der Waals surface area (Å²) >= 11 is 5.94. The van der Waals surface area contributed by atoms with E-state index in [2.05, 4.69) is 18.2 Å². The lowest BCUT2D eigenvalue weighted by atomic mass is 9.89. The van der Waals surface area contributed by atoms with Crippen molar-refractivity contribution in [1.82, 2.24) is 0 Å². The summed E-state index contributed by atoms with van der Waals surface area (Å²) < 4.78 is 0. The van der Waals surface area contributed by atoms with Crippen molar-refractivity contribution in [2.75, 3.05) is 0 Å². The molecule has 0 aliphatic heterocycles. The van der Waals surface area contributed by atoms with Gasteiger partial charge in [0, 0.05) is 22.6 Å². The highest BCUT2D eigenvalue weighted by molar-refractivity contribution is 6.30. The molecule has 0 fully saturated rings. The van der Waals surface area contributed by atoms with Crippen LogP contribution in [0.5, 0.6) is 0 Å². The minimum atomic E-state index is 0.0532. The molecule has 0 radical (unpaired) electrons. The molecular formula is C18H15ClN2. The summed E-state index contributed by atoms with van der Waals surface area (Å²) in [6.07, 6.45) is 0.834. The number of nitriles is 1. The van der Waals surface area contributed by atoms with E-state index in [1.165, 1.54) is 5.56 Å². The number of rotatable bonds is 2. The van der Waals surface area contributed by atoms with Crippen LogP contribution in [0.3, 0.4) is 0 Å². The highest BCUT2D eigenvalue weighted by Crippen LogP contribution is 2.45. The van der Waals surface area contributed by atoms with Gasteiger partial charge in [-0.05, 0) is 29.7 Å². The number of nitrogens with zero attached hydrogens (tertiary/aromatic N) is 1. The van der Waals surface area contributed by atoms with E-state index < -0.39 is 0 Å². The van der Waals surface area contributed by atoms with Crippen molar-refractivity contribution in [1.29, 1.82) is 5.26 Å². The number of halogens is 1. The fraction of sp³-hybridized carbons (Fsp3) is 0.167. The average Bonchev–Trinajstić information content (AvgIpc) is 2.85. The van der Waals surface area contributed by atoms with Gasteiger partial charge in [0.2, 0.25) is 0 Å². The highest BCUT2D eigenvalue weighted by Gasteiger charge is 2.34. The molecule has 1 aliphatic rings. The van der Waals surface area contributed by atoms with Gasteiger partial charge in [-0.2, -0.15) is 5.26 Å². The van der Waals surface area contributed by atoms with Crippen LogP contribution >= 0.6 is 11.6 Å². The second-order valence-electron chi connectivity index (χ2n) is 5.28. The molecule has 0 saturated carbocycles. The third-order valence-electron chi connectivity index (χ3n) is 4.10. The van der Waals surface area contributed by atoms with E-state index in [0.29, 0.717) is 16.3 Å². The fourth-order valence-corrected chi connectivity index (χ4v) is 3.14. The normalized spacial score (nSPS) is 21.3. The van der Waals surface area contributed by atoms with Crippen molar-refractivity contribution in [3.8, 4) is 6.07 Å². The molecule has 2 nitrogen and oxygen atoms in total. The van der Waals surface area contributed by atoms with Gasteiger partial charge in [-0.25, -0.2) is 0 Å². The summed E-state index contributed by atoms with van der Waals surface area (Å²) in [5.74, 6) is 0.166. The minimum absolute atomic E-state index is 0.0532. The predicted molar refractivity (Wildman–Crippen MR) is 84.8 cm³/mol. The van der Waals surface area contributed by atoms with E-state index in [0.717, 1.165) is 12.0 Å². The molecule has 3 heteroatoms. The number of hydrogen-bond acceptors (Lipinski definition) is 2. The fourth-order valence-electron chi connectivity index (χ4n) is 3.01. The number of hydrogen-bond donors (Lipinski definition) is 1. The van der Waals surface area contributed by atoms with Gasteiger partial charge in [-0.15, -0.1) is 0 Å². The van der Waals surface area contributed by atoms with Crippen molar-refractivity contribution in [3.63, 3.8) is 0 Å². The Kier molecular flexibility index (Phi) is 3.68. The van der Waals surface area contributed by atoms with E-state index in [1.54, 1.807) is 0 Å². The van der Waals surface area contributed by atoms with Crippen molar-refractivity contribution in [2.45, 2.75) is 18.3 Å². The zero-order valence-corrected chi connectivity index (χ0v) is 12.2. The first-order valence-electron chi connectivity index (χ1n) is 6.90. The smallest absolute Gasteiger partial charge is 0.0972 e. The molecule has 0 saturated heterocycles. The monoisotopic (exact) mass is 294 g/mol. The molecule has 2 unspecified atom stereocenters. The SMILES string of the molecule is N#CC1=C(N)C(c2ccccc2)CC1c1ccc(Cl)cc1. The molecule has 21 heavy (non-hydrogen) atoms. The van der Waals surface area contributed by atoms with Crippen LogP contribution < -0.4 is 5.73 Å². The van der Waals surface area contributed by atoms with E-state index in [-0.39, 0.29) is 11.8 Å². The Morgan fingerprint density at radius 3 is 2.19 bits per heavy atom. The van der Waals surface area contributed by atoms with Crippen molar-refractivity contribution in [3.05, 3.63) is 82.0 Å². The summed E-state index contributed by atoms with van der Waals surface area (Å²) in [5.41, 5.74) is 9.90. The van der Waals surface area contributed by atoms with Crippen LogP contribution in [-0.2, 0) is 0 Å². The van der Waals surface area contributed by atoms with Gasteiger partial charge in [0.1, 0.15) is 0 Å². The first-order chi connectivity index (χ1) is 10.2. The third-order valence-corrected chi connectivity index (χ3v) is 4.35. The molecule has 0 spiro atoms. The largest absolute Gasteiger partial charge is 0.401 e. The van der Waals surface area contributed by atoms with Crippen LogP contribution in [0.1, 0.15) is 29.4 Å². The van der Waals surface area contributed by atoms with Gasteiger partial charge in [-0.1, -0.05) is 54.1 Å². The second kappa shape index (κ2) is 5.63. The van der Waals surface area contributed by atoms with Crippen molar-refractivity contribution >= 4 is 11.6 Å². The first kappa shape index (κ1) is 13.7. The molecule has 0 aromatic heterocycles. The van der Waals surface area contributed by atoms with E-state index in [9.17, 15) is 5.26 Å². The van der Waals surface area contributed by atoms with Gasteiger partial charge in [-0.3, -0.25) is 0 Å². The molecule has 2 aromatic carbocycles. The maximum atomic E-state index is 9.47. The minimum Gasteiger partial charge on any atom is -0.401 e. The summed E-state index contributed by atoms with van der Waals surface area (Å²) in [6.45, 7) is 0. The Morgan fingerprint density at radius 2 is 1.57 bits per heavy atom. The summed E-state index contributed by atoms with van der Waals surface area (Å²) in [6, 6.07) is 20.1. The Morgan fingerprint density at radius 1 is 0.952 bits per heavy atom. The highest BCUT2D eigenvalue weighted by atomic mass is 35.5. The molecule has 1 aliphatic carbocycles. The van der Waals surface area contributed by atoms with Gasteiger partial charge >= 0.3 is 0 Å². The zero-order chi connectivity index (χ0) is 14.8. The molecule has 3 rings (SSSR count). The van der Waals surface area contributed by atoms with E-state index >= 15 is 0 Å². The Labute approximate surface area is 129 Å². The molecule has 0 amide bonds. The van der Waals surface area contributed by atoms with Crippen LogP contribution in [0, 0.1) is 11.3 Å². The lowest BCUT2D eigenvalue weighted by molar-refractivity contribution is 0.698. The topological polar surface area (TPSA) is 49.8 Å². The number of nitrogens with two attached hydrogens (primary N) is 1. The molecule has 2 atom stereocenters. The lowest BCUT2D eigenvalue weighted by Crippen LogP contribution is -2.06. The van der Waals surface area contributed by atoms with Gasteiger partial charge in [0.15, 0.2) is 0 Å². The maximum Gasteiger partial charge on any atom is 0.0972 e. The second-order valence-corrected chi connectivity index (χ2v) is 5.72. The van der Waals surface area contributed by atoms with Crippen molar-refractivity contribution in [2.24, 2.45) is 5.73 Å². The lowest BCUT2D eigenvalue weighted by Gasteiger charge is -2.14. The van der Waals surface area contributed by atoms with E-state index in [1.807, 2.05) is 42.5 Å². The number of allylic oxidation sites excluding steroid dienone is 2. The summed E-state index contributed by atoms with van der Waals surface area (Å²) in [4.78, 5) is 0. The summed E-state index contributed by atoms with van der Waals surface area (Å²) in [5, 5.41) is 10.2. The van der Waals surface area contributed by atoms with Crippen LogP contribution in [0.15, 0.2) is 65.9 Å². The summed E-state index contributed by atoms with van der Waals surface area (Å²) in [7, 11) is 0. The molecule has 0 bridgehead atoms. The van der Waals surface area contributed by atoms with Crippen molar-refractivity contribution < 1.29 is 0 Å². The third kappa shape index (κ3) is 2.53. The zero-order valence-electron chi connectivity index (χ0n) is 11.5. The van der Waals surface area contributed by atoms with Crippen LogP contribution in [0.2, 0.25) is 5.02 Å². The molecule has 104 valence electrons. The van der Waals surface area contributed by atoms with Crippen LogP contribution in [-0.4, -0.2) is 0 Å². The standard InChI is InChI=1S/C18H15ClN2/c19-14-8-6-13(7-9-14)15-10-16(18(21)17(15)11-20)12-4-2-1-3-5-12/h1-9,15-16H,10,21H2. The molecular weight excluding hydrogens is 280 g/mol. The van der Waals surface area contributed by atoms with Crippen LogP contribution in [0.25, 0.3) is 0 Å².